The molecule has 100 valence electrons. The van der Waals surface area contributed by atoms with E-state index in [2.05, 4.69) is 63.8 Å². The summed E-state index contributed by atoms with van der Waals surface area (Å²) in [6.45, 7) is 10.5. The van der Waals surface area contributed by atoms with Crippen LogP contribution in [0, 0.1) is 19.8 Å². The number of hydrogen-bond acceptors (Lipinski definition) is 0. The van der Waals surface area contributed by atoms with Crippen LogP contribution in [0.3, 0.4) is 0 Å². The summed E-state index contributed by atoms with van der Waals surface area (Å²) in [4.78, 5) is 0. The van der Waals surface area contributed by atoms with E-state index in [0.717, 1.165) is 0 Å². The molecule has 0 heterocycles. The zero-order valence-corrected chi connectivity index (χ0v) is 12.4. The Labute approximate surface area is 117 Å². The Bertz CT molecular complexity index is 525. The van der Waals surface area contributed by atoms with Crippen LogP contribution in [-0.4, -0.2) is 0 Å². The summed E-state index contributed by atoms with van der Waals surface area (Å²) in [5.41, 5.74) is 6.82. The predicted molar refractivity (Wildman–Crippen MR) is 85.2 cm³/mol. The highest BCUT2D eigenvalue weighted by Gasteiger charge is 2.22. The van der Waals surface area contributed by atoms with Crippen molar-refractivity contribution in [1.29, 1.82) is 0 Å². The van der Waals surface area contributed by atoms with E-state index in [-0.39, 0.29) is 0 Å². The van der Waals surface area contributed by atoms with Crippen molar-refractivity contribution in [1.82, 2.24) is 0 Å². The first-order valence-corrected chi connectivity index (χ1v) is 7.24. The maximum Gasteiger partial charge on any atom is -0.0149 e. The first-order chi connectivity index (χ1) is 9.17. The largest absolute Gasteiger partial charge is 0.0988 e. The van der Waals surface area contributed by atoms with E-state index in [0.29, 0.717) is 5.92 Å². The van der Waals surface area contributed by atoms with Crippen LogP contribution in [0.25, 0.3) is 5.57 Å². The third-order valence-corrected chi connectivity index (χ3v) is 4.09. The minimum absolute atomic E-state index is 0.712. The van der Waals surface area contributed by atoms with E-state index in [9.17, 15) is 0 Å². The van der Waals surface area contributed by atoms with Crippen molar-refractivity contribution in [3.63, 3.8) is 0 Å². The number of aryl methyl sites for hydroxylation is 2. The molecule has 0 bridgehead atoms. The van der Waals surface area contributed by atoms with E-state index in [1.54, 1.807) is 0 Å². The molecule has 0 aromatic heterocycles. The van der Waals surface area contributed by atoms with Crippen LogP contribution in [0.1, 0.15) is 42.9 Å². The standard InChI is InChI=1S/C19H24/c1-5-8-18(17(6-2)16-9-7-10-16)19-13-14(3)11-12-15(19)4/h5-6,8,11-13,16H,2,7,9-10H2,1,3-4H3/b8-5-,18-17-. The third-order valence-electron chi connectivity index (χ3n) is 4.09. The van der Waals surface area contributed by atoms with Gasteiger partial charge in [0, 0.05) is 0 Å². The smallest absolute Gasteiger partial charge is 0.0149 e. The molecule has 1 aliphatic rings. The Hall–Kier alpha value is -1.56. The van der Waals surface area contributed by atoms with Crippen molar-refractivity contribution in [2.24, 2.45) is 5.92 Å². The van der Waals surface area contributed by atoms with Gasteiger partial charge in [0.15, 0.2) is 0 Å². The molecule has 0 radical (unpaired) electrons. The number of allylic oxidation sites excluding steroid dienone is 5. The second-order valence-corrected chi connectivity index (χ2v) is 5.52. The first-order valence-electron chi connectivity index (χ1n) is 7.24. The van der Waals surface area contributed by atoms with Crippen LogP contribution in [0.15, 0.2) is 48.6 Å². The molecule has 1 fully saturated rings. The van der Waals surface area contributed by atoms with Gasteiger partial charge in [-0.15, -0.1) is 0 Å². The molecule has 1 aliphatic carbocycles. The Balaban J connectivity index is 2.58. The van der Waals surface area contributed by atoms with Crippen molar-refractivity contribution in [3.8, 4) is 0 Å². The molecule has 0 atom stereocenters. The number of benzene rings is 1. The predicted octanol–water partition coefficient (Wildman–Crippen LogP) is 5.62. The molecule has 1 saturated carbocycles. The molecule has 0 N–H and O–H groups in total. The van der Waals surface area contributed by atoms with Gasteiger partial charge < -0.3 is 0 Å². The Kier molecular flexibility index (Phi) is 4.42. The monoisotopic (exact) mass is 252 g/mol. The molecular formula is C19H24. The van der Waals surface area contributed by atoms with Crippen molar-refractivity contribution >= 4 is 5.57 Å². The average Bonchev–Trinajstić information content (AvgIpc) is 2.34. The summed E-state index contributed by atoms with van der Waals surface area (Å²) in [5, 5.41) is 0. The zero-order valence-electron chi connectivity index (χ0n) is 12.4. The summed E-state index contributed by atoms with van der Waals surface area (Å²) >= 11 is 0. The van der Waals surface area contributed by atoms with Crippen molar-refractivity contribution < 1.29 is 0 Å². The molecule has 1 aromatic carbocycles. The van der Waals surface area contributed by atoms with E-state index in [4.69, 9.17) is 0 Å². The maximum atomic E-state index is 4.05. The van der Waals surface area contributed by atoms with Crippen molar-refractivity contribution in [3.05, 3.63) is 65.3 Å². The molecule has 0 nitrogen and oxygen atoms in total. The second-order valence-electron chi connectivity index (χ2n) is 5.52. The van der Waals surface area contributed by atoms with Gasteiger partial charge in [-0.2, -0.15) is 0 Å². The molecule has 0 amide bonds. The van der Waals surface area contributed by atoms with Gasteiger partial charge >= 0.3 is 0 Å². The van der Waals surface area contributed by atoms with Gasteiger partial charge in [-0.1, -0.05) is 55.0 Å². The lowest BCUT2D eigenvalue weighted by Gasteiger charge is -2.29. The SMILES string of the molecule is C=C/C(=C(\C=C/C)c1cc(C)ccc1C)C1CCC1. The molecule has 2 rings (SSSR count). The van der Waals surface area contributed by atoms with Crippen molar-refractivity contribution in [2.45, 2.75) is 40.0 Å². The fourth-order valence-electron chi connectivity index (χ4n) is 2.75. The lowest BCUT2D eigenvalue weighted by Crippen LogP contribution is -2.14. The number of rotatable bonds is 4. The Morgan fingerprint density at radius 1 is 1.26 bits per heavy atom. The fourth-order valence-corrected chi connectivity index (χ4v) is 2.75. The highest BCUT2D eigenvalue weighted by molar-refractivity contribution is 5.80. The normalized spacial score (nSPS) is 17.2. The topological polar surface area (TPSA) is 0 Å². The highest BCUT2D eigenvalue weighted by atomic mass is 14.3. The van der Waals surface area contributed by atoms with Gasteiger partial charge in [-0.05, 0) is 61.8 Å². The van der Waals surface area contributed by atoms with Crippen LogP contribution in [0.5, 0.6) is 0 Å². The van der Waals surface area contributed by atoms with Gasteiger partial charge in [0.2, 0.25) is 0 Å². The van der Waals surface area contributed by atoms with E-state index in [1.807, 2.05) is 0 Å². The minimum atomic E-state index is 0.712. The minimum Gasteiger partial charge on any atom is -0.0988 e. The highest BCUT2D eigenvalue weighted by Crippen LogP contribution is 2.39. The maximum absolute atomic E-state index is 4.05. The van der Waals surface area contributed by atoms with Crippen LogP contribution in [0.4, 0.5) is 0 Å². The van der Waals surface area contributed by atoms with Crippen LogP contribution in [-0.2, 0) is 0 Å². The summed E-state index contributed by atoms with van der Waals surface area (Å²) in [7, 11) is 0. The zero-order chi connectivity index (χ0) is 13.8. The molecule has 0 spiro atoms. The van der Waals surface area contributed by atoms with E-state index in [1.165, 1.54) is 47.1 Å². The van der Waals surface area contributed by atoms with Crippen LogP contribution >= 0.6 is 0 Å². The summed E-state index contributed by atoms with van der Waals surface area (Å²) in [5.74, 6) is 0.712. The molecule has 0 saturated heterocycles. The van der Waals surface area contributed by atoms with Crippen LogP contribution in [0.2, 0.25) is 0 Å². The average molecular weight is 252 g/mol. The molecular weight excluding hydrogens is 228 g/mol. The number of hydrogen-bond donors (Lipinski definition) is 0. The first kappa shape index (κ1) is 13.9. The summed E-state index contributed by atoms with van der Waals surface area (Å²) in [6, 6.07) is 6.70. The summed E-state index contributed by atoms with van der Waals surface area (Å²) in [6.07, 6.45) is 10.4. The quantitative estimate of drug-likeness (QED) is 0.610. The van der Waals surface area contributed by atoms with Gasteiger partial charge in [0.25, 0.3) is 0 Å². The molecule has 0 unspecified atom stereocenters. The van der Waals surface area contributed by atoms with Crippen molar-refractivity contribution in [2.75, 3.05) is 0 Å². The van der Waals surface area contributed by atoms with Gasteiger partial charge in [-0.3, -0.25) is 0 Å². The van der Waals surface area contributed by atoms with Crippen LogP contribution < -0.4 is 0 Å². The van der Waals surface area contributed by atoms with E-state index < -0.39 is 0 Å². The molecule has 19 heavy (non-hydrogen) atoms. The van der Waals surface area contributed by atoms with E-state index >= 15 is 0 Å². The third kappa shape index (κ3) is 2.89. The fraction of sp³-hybridized carbons (Fsp3) is 0.368. The lowest BCUT2D eigenvalue weighted by molar-refractivity contribution is 0.375. The molecule has 1 aromatic rings. The Morgan fingerprint density at radius 2 is 2.00 bits per heavy atom. The van der Waals surface area contributed by atoms with Gasteiger partial charge in [0.1, 0.15) is 0 Å². The molecule has 0 heteroatoms. The second kappa shape index (κ2) is 6.06. The lowest BCUT2D eigenvalue weighted by atomic mass is 9.76. The van der Waals surface area contributed by atoms with Gasteiger partial charge in [-0.25, -0.2) is 0 Å². The van der Waals surface area contributed by atoms with Gasteiger partial charge in [0.05, 0.1) is 0 Å². The Morgan fingerprint density at radius 3 is 2.53 bits per heavy atom. The summed E-state index contributed by atoms with van der Waals surface area (Å²) < 4.78 is 0. The molecule has 0 aliphatic heterocycles.